The molecular formula is C10H18N3O3S2+. The number of rotatable bonds is 8. The Labute approximate surface area is 114 Å². The van der Waals surface area contributed by atoms with Crippen LogP contribution in [0.3, 0.4) is 0 Å². The van der Waals surface area contributed by atoms with Crippen LogP contribution in [0.15, 0.2) is 0 Å². The maximum atomic E-state index is 10.7. The Morgan fingerprint density at radius 1 is 1.33 bits per heavy atom. The third-order valence-corrected chi connectivity index (χ3v) is 5.91. The number of amides is 1. The van der Waals surface area contributed by atoms with Gasteiger partial charge in [-0.1, -0.05) is 0 Å². The highest BCUT2D eigenvalue weighted by atomic mass is 32.2. The van der Waals surface area contributed by atoms with Gasteiger partial charge in [-0.3, -0.25) is 15.0 Å². The van der Waals surface area contributed by atoms with Crippen molar-refractivity contribution >= 4 is 41.1 Å². The van der Waals surface area contributed by atoms with Crippen LogP contribution in [0.4, 0.5) is 0 Å². The number of primary amides is 1. The highest BCUT2D eigenvalue weighted by Crippen LogP contribution is 2.40. The summed E-state index contributed by atoms with van der Waals surface area (Å²) in [5.74, 6) is -0.704. The number of carbonyl (C=O) groups excluding carboxylic acids is 1. The smallest absolute Gasteiger partial charge is 0.321 e. The second-order valence-corrected chi connectivity index (χ2v) is 6.63. The Balaban J connectivity index is 2.23. The van der Waals surface area contributed by atoms with Crippen molar-refractivity contribution in [2.24, 2.45) is 11.5 Å². The van der Waals surface area contributed by atoms with Crippen LogP contribution in [0.2, 0.25) is 0 Å². The summed E-state index contributed by atoms with van der Waals surface area (Å²) in [7, 11) is 0. The monoisotopic (exact) mass is 292 g/mol. The molecule has 6 nitrogen and oxygen atoms in total. The van der Waals surface area contributed by atoms with Crippen molar-refractivity contribution in [3.8, 4) is 0 Å². The lowest BCUT2D eigenvalue weighted by molar-refractivity contribution is -0.137. The number of aliphatic carboxylic acids is 1. The molecule has 3 atom stereocenters. The van der Waals surface area contributed by atoms with Gasteiger partial charge in [0.1, 0.15) is 6.04 Å². The van der Waals surface area contributed by atoms with Crippen molar-refractivity contribution < 1.29 is 20.1 Å². The third-order valence-electron chi connectivity index (χ3n) is 2.73. The maximum absolute atomic E-state index is 10.7. The molecule has 102 valence electrons. The van der Waals surface area contributed by atoms with Gasteiger partial charge in [0.25, 0.3) is 0 Å². The molecule has 1 saturated carbocycles. The summed E-state index contributed by atoms with van der Waals surface area (Å²) in [4.78, 5) is 21.3. The average Bonchev–Trinajstić information content (AvgIpc) is 2.27. The lowest BCUT2D eigenvalue weighted by Gasteiger charge is -2.35. The number of hydrogen-bond acceptors (Lipinski definition) is 5. The Bertz CT molecular complexity index is 351. The highest BCUT2D eigenvalue weighted by Gasteiger charge is 2.33. The molecule has 0 saturated heterocycles. The van der Waals surface area contributed by atoms with Gasteiger partial charge in [-0.25, -0.2) is 0 Å². The molecule has 0 spiro atoms. The zero-order chi connectivity index (χ0) is 13.7. The molecule has 0 aromatic carbocycles. The van der Waals surface area contributed by atoms with Gasteiger partial charge < -0.3 is 16.6 Å². The van der Waals surface area contributed by atoms with Crippen LogP contribution in [0, 0.1) is 0 Å². The fourth-order valence-corrected chi connectivity index (χ4v) is 4.30. The van der Waals surface area contributed by atoms with Gasteiger partial charge in [0.15, 0.2) is 0 Å². The van der Waals surface area contributed by atoms with E-state index in [0.29, 0.717) is 22.0 Å². The number of thioether (sulfide) groups is 2. The highest BCUT2D eigenvalue weighted by molar-refractivity contribution is 8.04. The van der Waals surface area contributed by atoms with E-state index in [9.17, 15) is 9.59 Å². The zero-order valence-corrected chi connectivity index (χ0v) is 11.5. The van der Waals surface area contributed by atoms with Gasteiger partial charge in [-0.05, 0) is 12.8 Å². The maximum Gasteiger partial charge on any atom is 0.321 e. The van der Waals surface area contributed by atoms with Crippen LogP contribution in [-0.2, 0) is 9.59 Å². The summed E-state index contributed by atoms with van der Waals surface area (Å²) < 4.78 is 0. The predicted molar refractivity (Wildman–Crippen MR) is 73.5 cm³/mol. The minimum Gasteiger partial charge on any atom is -0.480 e. The minimum atomic E-state index is -0.975. The van der Waals surface area contributed by atoms with Gasteiger partial charge in [-0.2, -0.15) is 11.8 Å². The van der Waals surface area contributed by atoms with Crippen molar-refractivity contribution in [3.05, 3.63) is 0 Å². The molecule has 0 radical (unpaired) electrons. The van der Waals surface area contributed by atoms with Gasteiger partial charge in [0.05, 0.1) is 5.75 Å². The van der Waals surface area contributed by atoms with Crippen LogP contribution in [0.25, 0.3) is 0 Å². The Hall–Kier alpha value is -0.730. The molecule has 0 aromatic rings. The third kappa shape index (κ3) is 4.51. The molecule has 7 N–H and O–H groups in total. The summed E-state index contributed by atoms with van der Waals surface area (Å²) in [6, 6.07) is -0.816. The van der Waals surface area contributed by atoms with E-state index in [1.54, 1.807) is 23.5 Å². The lowest BCUT2D eigenvalue weighted by Crippen LogP contribution is -2.50. The van der Waals surface area contributed by atoms with E-state index >= 15 is 0 Å². The minimum absolute atomic E-state index is 0.179. The normalized spacial score (nSPS) is 24.1. The molecule has 0 aliphatic heterocycles. The predicted octanol–water partition coefficient (Wildman–Crippen LogP) is -1.92. The second-order valence-electron chi connectivity index (χ2n) is 4.13. The number of carboxylic acid groups (broad SMARTS) is 1. The van der Waals surface area contributed by atoms with Gasteiger partial charge >= 0.3 is 11.9 Å². The first-order valence-electron chi connectivity index (χ1n) is 5.54. The van der Waals surface area contributed by atoms with E-state index in [-0.39, 0.29) is 5.71 Å². The van der Waals surface area contributed by atoms with Crippen molar-refractivity contribution in [3.63, 3.8) is 0 Å². The van der Waals surface area contributed by atoms with E-state index in [1.165, 1.54) is 0 Å². The fourth-order valence-electron chi connectivity index (χ4n) is 1.39. The lowest BCUT2D eigenvalue weighted by atomic mass is 9.99. The van der Waals surface area contributed by atoms with Crippen LogP contribution >= 0.6 is 23.5 Å². The van der Waals surface area contributed by atoms with Crippen LogP contribution < -0.4 is 16.9 Å². The van der Waals surface area contributed by atoms with Crippen LogP contribution in [0.1, 0.15) is 12.8 Å². The largest absolute Gasteiger partial charge is 0.480 e. The second kappa shape index (κ2) is 7.01. The number of nitrogens with two attached hydrogens (primary N) is 3. The van der Waals surface area contributed by atoms with Crippen LogP contribution in [0.5, 0.6) is 0 Å². The van der Waals surface area contributed by atoms with Gasteiger partial charge in [0.2, 0.25) is 5.71 Å². The van der Waals surface area contributed by atoms with E-state index < -0.39 is 17.9 Å². The summed E-state index contributed by atoms with van der Waals surface area (Å²) in [5.41, 5.74) is 10.7. The molecule has 1 amide bonds. The Morgan fingerprint density at radius 2 is 1.89 bits per heavy atom. The Morgan fingerprint density at radius 3 is 2.33 bits per heavy atom. The van der Waals surface area contributed by atoms with E-state index in [2.05, 4.69) is 0 Å². The van der Waals surface area contributed by atoms with Crippen molar-refractivity contribution in [2.75, 3.05) is 11.5 Å². The molecule has 18 heavy (non-hydrogen) atoms. The number of hydrogen-bond donors (Lipinski definition) is 4. The molecule has 0 aromatic heterocycles. The summed E-state index contributed by atoms with van der Waals surface area (Å²) in [6.07, 6.45) is 2.10. The van der Waals surface area contributed by atoms with Crippen molar-refractivity contribution in [1.29, 1.82) is 0 Å². The molecule has 1 aliphatic carbocycles. The summed E-state index contributed by atoms with van der Waals surface area (Å²) in [6.45, 7) is 0. The summed E-state index contributed by atoms with van der Waals surface area (Å²) in [5, 5.41) is 14.9. The number of carbonyl (C=O) groups is 2. The molecule has 3 unspecified atom stereocenters. The molecular weight excluding hydrogens is 274 g/mol. The van der Waals surface area contributed by atoms with E-state index in [0.717, 1.165) is 12.8 Å². The zero-order valence-electron chi connectivity index (χ0n) is 9.87. The first-order chi connectivity index (χ1) is 8.41. The molecule has 8 heteroatoms. The molecule has 1 rings (SSSR count). The standard InChI is InChI=1S/C10H17N3O3S2/c11-5(9(13)14)3-17-7-1-2-8(7)18-4-6(12)10(15)16/h6-8,11H,1-4,12H2,(H2,13,14)(H,15,16)/p+1. The Kier molecular flexibility index (Phi) is 5.97. The first-order valence-corrected chi connectivity index (χ1v) is 7.64. The fraction of sp³-hybridized carbons (Fsp3) is 0.700. The molecule has 1 aliphatic rings. The summed E-state index contributed by atoms with van der Waals surface area (Å²) >= 11 is 3.17. The average molecular weight is 292 g/mol. The molecule has 0 heterocycles. The van der Waals surface area contributed by atoms with Gasteiger partial charge in [0, 0.05) is 16.3 Å². The van der Waals surface area contributed by atoms with Crippen molar-refractivity contribution in [1.82, 2.24) is 0 Å². The quantitative estimate of drug-likeness (QED) is 0.386. The SMILES string of the molecule is NC(=O)C(=[NH2+])CSC1CCC1SCC(N)C(=O)O. The first kappa shape index (κ1) is 15.3. The molecule has 0 bridgehead atoms. The van der Waals surface area contributed by atoms with Gasteiger partial charge in [-0.15, -0.1) is 11.8 Å². The van der Waals surface area contributed by atoms with Crippen LogP contribution in [-0.4, -0.2) is 50.7 Å². The molecule has 1 fully saturated rings. The topological polar surface area (TPSA) is 132 Å². The number of carboxylic acids is 1. The van der Waals surface area contributed by atoms with E-state index in [1.807, 2.05) is 0 Å². The van der Waals surface area contributed by atoms with E-state index in [4.69, 9.17) is 22.0 Å². The van der Waals surface area contributed by atoms with Crippen molar-refractivity contribution in [2.45, 2.75) is 29.4 Å².